The van der Waals surface area contributed by atoms with Crippen molar-refractivity contribution in [3.8, 4) is 0 Å². The molecule has 1 aromatic heterocycles. The predicted octanol–water partition coefficient (Wildman–Crippen LogP) is 3.69. The molecule has 1 saturated heterocycles. The second-order valence-corrected chi connectivity index (χ2v) is 6.93. The molecule has 20 heavy (non-hydrogen) atoms. The summed E-state index contributed by atoms with van der Waals surface area (Å²) >= 11 is 1.93. The number of rotatable bonds is 3. The minimum absolute atomic E-state index is 1.11. The standard InChI is InChI=1S/C17H22N2S/c1-14-5-3-4-6-17(14)19-11-9-18(10-12-19)13-16-8-7-15(2)20-16/h3-8H,9-13H2,1-2H3. The average molecular weight is 286 g/mol. The molecule has 0 unspecified atom stereocenters. The van der Waals surface area contributed by atoms with Gasteiger partial charge in [-0.05, 0) is 37.6 Å². The number of hydrogen-bond acceptors (Lipinski definition) is 3. The third-order valence-electron chi connectivity index (χ3n) is 4.00. The first-order valence-electron chi connectivity index (χ1n) is 7.30. The van der Waals surface area contributed by atoms with E-state index in [-0.39, 0.29) is 0 Å². The second-order valence-electron chi connectivity index (χ2n) is 5.56. The van der Waals surface area contributed by atoms with Crippen molar-refractivity contribution < 1.29 is 0 Å². The molecule has 0 N–H and O–H groups in total. The van der Waals surface area contributed by atoms with Gasteiger partial charge in [0.2, 0.25) is 0 Å². The van der Waals surface area contributed by atoms with E-state index in [0.717, 1.165) is 32.7 Å². The van der Waals surface area contributed by atoms with Gasteiger partial charge >= 0.3 is 0 Å². The van der Waals surface area contributed by atoms with Crippen LogP contribution in [-0.2, 0) is 6.54 Å². The Balaban J connectivity index is 1.58. The second kappa shape index (κ2) is 5.98. The molecule has 106 valence electrons. The molecule has 0 saturated carbocycles. The fourth-order valence-corrected chi connectivity index (χ4v) is 3.79. The molecule has 1 aliphatic rings. The minimum atomic E-state index is 1.11. The van der Waals surface area contributed by atoms with E-state index in [9.17, 15) is 0 Å². The summed E-state index contributed by atoms with van der Waals surface area (Å²) in [5.74, 6) is 0. The van der Waals surface area contributed by atoms with Gasteiger partial charge in [-0.15, -0.1) is 11.3 Å². The molecule has 3 heteroatoms. The highest BCUT2D eigenvalue weighted by Crippen LogP contribution is 2.22. The zero-order chi connectivity index (χ0) is 13.9. The lowest BCUT2D eigenvalue weighted by atomic mass is 10.1. The number of benzene rings is 1. The molecule has 1 aromatic carbocycles. The van der Waals surface area contributed by atoms with Gasteiger partial charge in [0.1, 0.15) is 0 Å². The Labute approximate surface area is 125 Å². The lowest BCUT2D eigenvalue weighted by Crippen LogP contribution is -2.46. The van der Waals surface area contributed by atoms with Gasteiger partial charge in [-0.2, -0.15) is 0 Å². The van der Waals surface area contributed by atoms with Crippen molar-refractivity contribution in [3.05, 3.63) is 51.7 Å². The predicted molar refractivity (Wildman–Crippen MR) is 87.7 cm³/mol. The van der Waals surface area contributed by atoms with E-state index in [1.165, 1.54) is 21.0 Å². The van der Waals surface area contributed by atoms with Crippen LogP contribution < -0.4 is 4.90 Å². The quantitative estimate of drug-likeness (QED) is 0.849. The number of nitrogens with zero attached hydrogens (tertiary/aromatic N) is 2. The van der Waals surface area contributed by atoms with E-state index in [2.05, 4.69) is 60.0 Å². The third-order valence-corrected chi connectivity index (χ3v) is 4.99. The van der Waals surface area contributed by atoms with E-state index in [4.69, 9.17) is 0 Å². The topological polar surface area (TPSA) is 6.48 Å². The number of aryl methyl sites for hydroxylation is 2. The van der Waals surface area contributed by atoms with Crippen LogP contribution in [0.15, 0.2) is 36.4 Å². The first-order valence-corrected chi connectivity index (χ1v) is 8.12. The summed E-state index contributed by atoms with van der Waals surface area (Å²) in [6.45, 7) is 10.1. The van der Waals surface area contributed by atoms with E-state index < -0.39 is 0 Å². The number of thiophene rings is 1. The van der Waals surface area contributed by atoms with Crippen LogP contribution in [0.5, 0.6) is 0 Å². The number of anilines is 1. The zero-order valence-electron chi connectivity index (χ0n) is 12.3. The summed E-state index contributed by atoms with van der Waals surface area (Å²) < 4.78 is 0. The van der Waals surface area contributed by atoms with Gasteiger partial charge in [0.25, 0.3) is 0 Å². The molecule has 1 aliphatic heterocycles. The van der Waals surface area contributed by atoms with Crippen molar-refractivity contribution in [1.82, 2.24) is 4.90 Å². The third kappa shape index (κ3) is 3.05. The highest BCUT2D eigenvalue weighted by Gasteiger charge is 2.18. The van der Waals surface area contributed by atoms with Crippen molar-refractivity contribution in [2.24, 2.45) is 0 Å². The number of piperazine rings is 1. The molecule has 0 bridgehead atoms. The molecule has 0 radical (unpaired) electrons. The van der Waals surface area contributed by atoms with E-state index in [0.29, 0.717) is 0 Å². The minimum Gasteiger partial charge on any atom is -0.369 e. The maximum Gasteiger partial charge on any atom is 0.0396 e. The van der Waals surface area contributed by atoms with Crippen LogP contribution in [0.4, 0.5) is 5.69 Å². The van der Waals surface area contributed by atoms with E-state index in [1.807, 2.05) is 11.3 Å². The molecule has 0 amide bonds. The molecule has 0 spiro atoms. The van der Waals surface area contributed by atoms with Crippen LogP contribution in [-0.4, -0.2) is 31.1 Å². The van der Waals surface area contributed by atoms with Crippen LogP contribution in [0.2, 0.25) is 0 Å². The van der Waals surface area contributed by atoms with Crippen LogP contribution in [0.3, 0.4) is 0 Å². The maximum absolute atomic E-state index is 2.57. The van der Waals surface area contributed by atoms with Crippen molar-refractivity contribution in [3.63, 3.8) is 0 Å². The Kier molecular flexibility index (Phi) is 4.08. The molecule has 3 rings (SSSR count). The van der Waals surface area contributed by atoms with E-state index in [1.54, 1.807) is 0 Å². The molecular formula is C17H22N2S. The van der Waals surface area contributed by atoms with Crippen LogP contribution in [0, 0.1) is 13.8 Å². The fraction of sp³-hybridized carbons (Fsp3) is 0.412. The highest BCUT2D eigenvalue weighted by molar-refractivity contribution is 7.11. The first kappa shape index (κ1) is 13.7. The summed E-state index contributed by atoms with van der Waals surface area (Å²) in [6.07, 6.45) is 0. The van der Waals surface area contributed by atoms with Crippen molar-refractivity contribution >= 4 is 17.0 Å². The summed E-state index contributed by atoms with van der Waals surface area (Å²) in [7, 11) is 0. The molecule has 2 aromatic rings. The normalized spacial score (nSPS) is 16.6. The molecule has 0 aliphatic carbocycles. The van der Waals surface area contributed by atoms with Crippen LogP contribution >= 0.6 is 11.3 Å². The molecule has 2 heterocycles. The summed E-state index contributed by atoms with van der Waals surface area (Å²) in [5, 5.41) is 0. The SMILES string of the molecule is Cc1ccc(CN2CCN(c3ccccc3C)CC2)s1. The lowest BCUT2D eigenvalue weighted by Gasteiger charge is -2.36. The molecule has 1 fully saturated rings. The Morgan fingerprint density at radius 3 is 2.35 bits per heavy atom. The van der Waals surface area contributed by atoms with Gasteiger partial charge in [-0.3, -0.25) is 4.90 Å². The molecular weight excluding hydrogens is 264 g/mol. The van der Waals surface area contributed by atoms with Gasteiger partial charge in [0.15, 0.2) is 0 Å². The molecule has 2 nitrogen and oxygen atoms in total. The van der Waals surface area contributed by atoms with Gasteiger partial charge in [0.05, 0.1) is 0 Å². The highest BCUT2D eigenvalue weighted by atomic mass is 32.1. The van der Waals surface area contributed by atoms with Gasteiger partial charge in [0, 0.05) is 48.2 Å². The largest absolute Gasteiger partial charge is 0.369 e. The fourth-order valence-electron chi connectivity index (χ4n) is 2.86. The number of para-hydroxylation sites is 1. The van der Waals surface area contributed by atoms with Crippen molar-refractivity contribution in [2.75, 3.05) is 31.1 Å². The van der Waals surface area contributed by atoms with Gasteiger partial charge < -0.3 is 4.90 Å². The summed E-state index contributed by atoms with van der Waals surface area (Å²) in [5.41, 5.74) is 2.79. The van der Waals surface area contributed by atoms with Gasteiger partial charge in [-0.25, -0.2) is 0 Å². The van der Waals surface area contributed by atoms with Crippen molar-refractivity contribution in [1.29, 1.82) is 0 Å². The summed E-state index contributed by atoms with van der Waals surface area (Å²) in [4.78, 5) is 8.00. The van der Waals surface area contributed by atoms with Crippen LogP contribution in [0.1, 0.15) is 15.3 Å². The van der Waals surface area contributed by atoms with Crippen LogP contribution in [0.25, 0.3) is 0 Å². The van der Waals surface area contributed by atoms with Crippen molar-refractivity contribution in [2.45, 2.75) is 20.4 Å². The monoisotopic (exact) mass is 286 g/mol. The average Bonchev–Trinajstić information content (AvgIpc) is 2.86. The van der Waals surface area contributed by atoms with E-state index >= 15 is 0 Å². The Bertz CT molecular complexity index is 568. The Morgan fingerprint density at radius 1 is 0.950 bits per heavy atom. The lowest BCUT2D eigenvalue weighted by molar-refractivity contribution is 0.252. The first-order chi connectivity index (χ1) is 9.72. The molecule has 0 atom stereocenters. The smallest absolute Gasteiger partial charge is 0.0396 e. The summed E-state index contributed by atoms with van der Waals surface area (Å²) in [6, 6.07) is 13.2. The number of hydrogen-bond donors (Lipinski definition) is 0. The zero-order valence-corrected chi connectivity index (χ0v) is 13.1. The Morgan fingerprint density at radius 2 is 1.70 bits per heavy atom. The Hall–Kier alpha value is -1.32. The maximum atomic E-state index is 2.57. The van der Waals surface area contributed by atoms with Gasteiger partial charge in [-0.1, -0.05) is 18.2 Å².